The van der Waals surface area contributed by atoms with Gasteiger partial charge in [-0.15, -0.1) is 0 Å². The first kappa shape index (κ1) is 53.2. The zero-order valence-electron chi connectivity index (χ0n) is 51.0. The van der Waals surface area contributed by atoms with Crippen LogP contribution >= 0.6 is 0 Å². The third-order valence-electron chi connectivity index (χ3n) is 19.2. The Morgan fingerprint density at radius 2 is 0.479 bits per heavy atom. The van der Waals surface area contributed by atoms with Crippen LogP contribution in [0.2, 0.25) is 0 Å². The maximum absolute atomic E-state index is 5.67. The summed E-state index contributed by atoms with van der Waals surface area (Å²) in [6, 6.07) is 123. The molecule has 0 aliphatic heterocycles. The van der Waals surface area contributed by atoms with E-state index < -0.39 is 0 Å². The minimum absolute atomic E-state index is 0.592. The van der Waals surface area contributed by atoms with Gasteiger partial charge in [-0.25, -0.2) is 9.97 Å². The highest BCUT2D eigenvalue weighted by molar-refractivity contribution is 6.15. The fourth-order valence-electron chi connectivity index (χ4n) is 14.9. The second-order valence-corrected chi connectivity index (χ2v) is 24.5. The molecule has 0 N–H and O–H groups in total. The van der Waals surface area contributed by atoms with E-state index in [0.29, 0.717) is 5.95 Å². The molecule has 14 aromatic carbocycles. The van der Waals surface area contributed by atoms with Crippen LogP contribution in [0.5, 0.6) is 0 Å². The molecule has 0 fully saturated rings. The van der Waals surface area contributed by atoms with Crippen LogP contribution in [0, 0.1) is 0 Å². The van der Waals surface area contributed by atoms with Gasteiger partial charge in [0.15, 0.2) is 0 Å². The largest absolute Gasteiger partial charge is 0.309 e. The zero-order valence-corrected chi connectivity index (χ0v) is 51.0. The van der Waals surface area contributed by atoms with E-state index in [-0.39, 0.29) is 0 Å². The van der Waals surface area contributed by atoms with Crippen molar-refractivity contribution in [3.05, 3.63) is 340 Å². The van der Waals surface area contributed by atoms with Gasteiger partial charge in [-0.1, -0.05) is 218 Å². The Morgan fingerprint density at radius 1 is 0.170 bits per heavy atom. The number of aromatic nitrogens is 6. The maximum Gasteiger partial charge on any atom is 0.235 e. The first-order chi connectivity index (χ1) is 46.6. The molecule has 19 rings (SSSR count). The molecule has 438 valence electrons. The van der Waals surface area contributed by atoms with Crippen molar-refractivity contribution in [1.29, 1.82) is 0 Å². The fraction of sp³-hybridized carbons (Fsp3) is 0. The minimum atomic E-state index is 0.592. The Morgan fingerprint density at radius 3 is 0.936 bits per heavy atom. The lowest BCUT2D eigenvalue weighted by Crippen LogP contribution is -2.04. The van der Waals surface area contributed by atoms with Crippen molar-refractivity contribution in [3.63, 3.8) is 0 Å². The number of benzene rings is 14. The Kier molecular flexibility index (Phi) is 12.2. The van der Waals surface area contributed by atoms with Crippen LogP contribution in [0.1, 0.15) is 0 Å². The summed E-state index contributed by atoms with van der Waals surface area (Å²) in [5.74, 6) is 0.592. The van der Waals surface area contributed by atoms with Crippen molar-refractivity contribution in [2.24, 2.45) is 0 Å². The molecule has 0 aliphatic carbocycles. The molecule has 6 heteroatoms. The molecule has 0 saturated carbocycles. The van der Waals surface area contributed by atoms with Crippen molar-refractivity contribution in [1.82, 2.24) is 28.2 Å². The predicted molar refractivity (Wildman–Crippen MR) is 392 cm³/mol. The van der Waals surface area contributed by atoms with Gasteiger partial charge in [0.05, 0.1) is 55.5 Å². The van der Waals surface area contributed by atoms with E-state index in [1.807, 2.05) is 0 Å². The Labute approximate surface area is 542 Å². The molecule has 0 spiro atoms. The molecule has 0 radical (unpaired) electrons. The van der Waals surface area contributed by atoms with Gasteiger partial charge in [0, 0.05) is 71.3 Å². The molecule has 19 aromatic rings. The summed E-state index contributed by atoms with van der Waals surface area (Å²) in [4.78, 5) is 11.3. The minimum Gasteiger partial charge on any atom is -0.309 e. The number of para-hydroxylation sites is 6. The van der Waals surface area contributed by atoms with Gasteiger partial charge in [-0.2, -0.15) is 0 Å². The van der Waals surface area contributed by atoms with Crippen LogP contribution in [0.15, 0.2) is 340 Å². The number of nitrogens with zero attached hydrogens (tertiary/aromatic N) is 6. The molecule has 94 heavy (non-hydrogen) atoms. The Balaban J connectivity index is 0.762. The average molecular weight is 1200 g/mol. The fourth-order valence-corrected chi connectivity index (χ4v) is 14.9. The molecule has 0 saturated heterocycles. The Hall–Kier alpha value is -12.6. The highest BCUT2D eigenvalue weighted by Gasteiger charge is 2.22. The van der Waals surface area contributed by atoms with Crippen molar-refractivity contribution < 1.29 is 0 Å². The summed E-state index contributed by atoms with van der Waals surface area (Å²) >= 11 is 0. The van der Waals surface area contributed by atoms with Gasteiger partial charge in [0.1, 0.15) is 0 Å². The van der Waals surface area contributed by atoms with E-state index in [2.05, 4.69) is 358 Å². The standard InChI is InChI=1S/C88H56N6/c1-4-22-57(23-5-1)68-32-10-11-33-69(68)62-24-20-25-63(50-62)78-56-79(90-88(89-78)94-83-41-19-15-37-73(83)77-55-61(45-49-87(77)94)59-43-47-85-75(53-59)71-35-13-17-39-81(71)92(85)66-29-8-3-9-30-66)64-26-21-31-67(51-64)93-82-40-18-14-36-72(82)76-54-60(44-48-86(76)93)58-42-46-84-74(52-58)70-34-12-16-38-80(70)91(84)65-27-6-2-7-28-65/h1-56H. The molecule has 0 aliphatic rings. The summed E-state index contributed by atoms with van der Waals surface area (Å²) in [5.41, 5.74) is 25.3. The SMILES string of the molecule is c1ccc(-c2ccccc2-c2cccc(-c3cc(-c4cccc(-n5c6ccccc6c6cc(-c7ccc8c(c7)c7ccccc7n8-c7ccccc7)ccc65)c4)nc(-n4c5ccccc5c5cc(-c6ccc7c(c6)c6ccccc6n7-c6ccccc6)ccc54)n3)c2)cc1. The first-order valence-electron chi connectivity index (χ1n) is 32.1. The monoisotopic (exact) mass is 1200 g/mol. The lowest BCUT2D eigenvalue weighted by Gasteiger charge is -2.15. The van der Waals surface area contributed by atoms with Gasteiger partial charge in [-0.3, -0.25) is 4.57 Å². The van der Waals surface area contributed by atoms with Crippen LogP contribution in [-0.2, 0) is 0 Å². The van der Waals surface area contributed by atoms with Crippen LogP contribution < -0.4 is 0 Å². The molecule has 6 nitrogen and oxygen atoms in total. The molecule has 0 amide bonds. The van der Waals surface area contributed by atoms with Gasteiger partial charge in [0.25, 0.3) is 0 Å². The first-order valence-corrected chi connectivity index (χ1v) is 32.1. The molecular weight excluding hydrogens is 1140 g/mol. The third kappa shape index (κ3) is 8.58. The molecule has 5 aromatic heterocycles. The highest BCUT2D eigenvalue weighted by atomic mass is 15.2. The topological polar surface area (TPSA) is 45.5 Å². The highest BCUT2D eigenvalue weighted by Crippen LogP contribution is 2.43. The van der Waals surface area contributed by atoms with Crippen molar-refractivity contribution in [2.75, 3.05) is 0 Å². The number of fused-ring (bicyclic) bond motifs is 12. The molecule has 5 heterocycles. The second-order valence-electron chi connectivity index (χ2n) is 24.5. The maximum atomic E-state index is 5.67. The van der Waals surface area contributed by atoms with Crippen molar-refractivity contribution in [3.8, 4) is 90.0 Å². The third-order valence-corrected chi connectivity index (χ3v) is 19.2. The van der Waals surface area contributed by atoms with Gasteiger partial charge >= 0.3 is 0 Å². The lowest BCUT2D eigenvalue weighted by atomic mass is 9.93. The zero-order chi connectivity index (χ0) is 61.8. The van der Waals surface area contributed by atoms with E-state index >= 15 is 0 Å². The second kappa shape index (κ2) is 21.5. The summed E-state index contributed by atoms with van der Waals surface area (Å²) in [7, 11) is 0. The summed E-state index contributed by atoms with van der Waals surface area (Å²) in [6.07, 6.45) is 0. The normalized spacial score (nSPS) is 11.8. The van der Waals surface area contributed by atoms with E-state index in [1.165, 1.54) is 76.6 Å². The van der Waals surface area contributed by atoms with Crippen LogP contribution in [0.3, 0.4) is 0 Å². The quantitative estimate of drug-likeness (QED) is 0.137. The molecule has 0 atom stereocenters. The number of rotatable bonds is 10. The number of hydrogen-bond acceptors (Lipinski definition) is 2. The number of hydrogen-bond donors (Lipinski definition) is 0. The van der Waals surface area contributed by atoms with E-state index in [0.717, 1.165) is 94.7 Å². The van der Waals surface area contributed by atoms with Gasteiger partial charge < -0.3 is 13.7 Å². The summed E-state index contributed by atoms with van der Waals surface area (Å²) in [6.45, 7) is 0. The molecule has 0 unspecified atom stereocenters. The van der Waals surface area contributed by atoms with Crippen molar-refractivity contribution in [2.45, 2.75) is 0 Å². The van der Waals surface area contributed by atoms with Gasteiger partial charge in [0.2, 0.25) is 5.95 Å². The van der Waals surface area contributed by atoms with Crippen LogP contribution in [0.25, 0.3) is 177 Å². The smallest absolute Gasteiger partial charge is 0.235 e. The van der Waals surface area contributed by atoms with E-state index in [1.54, 1.807) is 0 Å². The summed E-state index contributed by atoms with van der Waals surface area (Å²) in [5, 5.41) is 9.55. The van der Waals surface area contributed by atoms with E-state index in [4.69, 9.17) is 9.97 Å². The molecule has 0 bridgehead atoms. The predicted octanol–water partition coefficient (Wildman–Crippen LogP) is 22.9. The van der Waals surface area contributed by atoms with Crippen LogP contribution in [-0.4, -0.2) is 28.2 Å². The average Bonchev–Trinajstić information content (AvgIpc) is 1.90. The molecular formula is C88H56N6. The lowest BCUT2D eigenvalue weighted by molar-refractivity contribution is 0.995. The Bertz CT molecular complexity index is 6220. The van der Waals surface area contributed by atoms with Crippen LogP contribution in [0.4, 0.5) is 0 Å². The van der Waals surface area contributed by atoms with Gasteiger partial charge in [-0.05, 0) is 166 Å². The summed E-state index contributed by atoms with van der Waals surface area (Å²) < 4.78 is 9.43. The van der Waals surface area contributed by atoms with Crippen molar-refractivity contribution >= 4 is 87.2 Å². The van der Waals surface area contributed by atoms with E-state index in [9.17, 15) is 0 Å².